The van der Waals surface area contributed by atoms with Gasteiger partial charge < -0.3 is 15.0 Å². The van der Waals surface area contributed by atoms with Crippen LogP contribution in [0.3, 0.4) is 0 Å². The number of allylic oxidation sites excluding steroid dienone is 1. The molecule has 0 spiro atoms. The number of hydrogen-bond acceptors (Lipinski definition) is 4. The molecule has 126 valence electrons. The zero-order chi connectivity index (χ0) is 16.9. The van der Waals surface area contributed by atoms with Gasteiger partial charge in [0, 0.05) is 31.8 Å². The Kier molecular flexibility index (Phi) is 5.05. The number of aromatic nitrogens is 1. The number of carbonyl (C=O) groups is 2. The van der Waals surface area contributed by atoms with Gasteiger partial charge in [-0.3, -0.25) is 9.59 Å². The van der Waals surface area contributed by atoms with Crippen LogP contribution in [0.2, 0.25) is 0 Å². The van der Waals surface area contributed by atoms with Crippen LogP contribution in [0.1, 0.15) is 24.5 Å². The molecule has 6 heteroatoms. The number of hydrogen-bond donors (Lipinski definition) is 1. The second-order valence-corrected chi connectivity index (χ2v) is 5.93. The van der Waals surface area contributed by atoms with Crippen molar-refractivity contribution >= 4 is 23.7 Å². The lowest BCUT2D eigenvalue weighted by Gasteiger charge is -2.38. The summed E-state index contributed by atoms with van der Waals surface area (Å²) in [5, 5.41) is 2.75. The highest BCUT2D eigenvalue weighted by Crippen LogP contribution is 2.21. The van der Waals surface area contributed by atoms with Gasteiger partial charge in [0.05, 0.1) is 12.7 Å². The van der Waals surface area contributed by atoms with Gasteiger partial charge in [0.1, 0.15) is 5.82 Å². The lowest BCUT2D eigenvalue weighted by atomic mass is 10.0. The molecular weight excluding hydrogens is 306 g/mol. The molecule has 1 fully saturated rings. The van der Waals surface area contributed by atoms with Gasteiger partial charge >= 0.3 is 0 Å². The van der Waals surface area contributed by atoms with Crippen LogP contribution in [0.15, 0.2) is 30.5 Å². The van der Waals surface area contributed by atoms with E-state index >= 15 is 0 Å². The van der Waals surface area contributed by atoms with Crippen molar-refractivity contribution in [3.63, 3.8) is 0 Å². The third kappa shape index (κ3) is 3.89. The first-order chi connectivity index (χ1) is 11.7. The predicted octanol–water partition coefficient (Wildman–Crippen LogP) is 1.78. The molecular formula is C18H21N3O3. The molecule has 2 amide bonds. The van der Waals surface area contributed by atoms with E-state index in [0.717, 1.165) is 11.1 Å². The highest BCUT2D eigenvalue weighted by molar-refractivity contribution is 5.94. The minimum atomic E-state index is -0.0214. The van der Waals surface area contributed by atoms with E-state index in [0.29, 0.717) is 38.4 Å². The number of aryl methyl sites for hydroxylation is 1. The Morgan fingerprint density at radius 2 is 2.29 bits per heavy atom. The van der Waals surface area contributed by atoms with Crippen molar-refractivity contribution in [2.75, 3.05) is 25.0 Å². The summed E-state index contributed by atoms with van der Waals surface area (Å²) in [6.07, 6.45) is 10.2. The van der Waals surface area contributed by atoms with Gasteiger partial charge in [-0.1, -0.05) is 12.2 Å². The zero-order valence-electron chi connectivity index (χ0n) is 13.7. The van der Waals surface area contributed by atoms with Crippen molar-refractivity contribution in [1.82, 2.24) is 9.88 Å². The van der Waals surface area contributed by atoms with E-state index in [4.69, 9.17) is 4.74 Å². The SMILES string of the molecule is C/C=C\COC1CN(C(=O)/C=C/c2cnc3c(c2)CCC(=O)N3)C1. The second kappa shape index (κ2) is 7.40. The number of ether oxygens (including phenoxy) is 1. The van der Waals surface area contributed by atoms with Crippen LogP contribution in [0.25, 0.3) is 6.08 Å². The molecule has 0 bridgehead atoms. The Morgan fingerprint density at radius 1 is 1.46 bits per heavy atom. The Morgan fingerprint density at radius 3 is 3.08 bits per heavy atom. The summed E-state index contributed by atoms with van der Waals surface area (Å²) in [5.41, 5.74) is 1.87. The summed E-state index contributed by atoms with van der Waals surface area (Å²) >= 11 is 0. The summed E-state index contributed by atoms with van der Waals surface area (Å²) in [6, 6.07) is 1.96. The van der Waals surface area contributed by atoms with Gasteiger partial charge in [-0.05, 0) is 36.6 Å². The van der Waals surface area contributed by atoms with Gasteiger partial charge in [0.15, 0.2) is 0 Å². The monoisotopic (exact) mass is 327 g/mol. The lowest BCUT2D eigenvalue weighted by molar-refractivity contribution is -0.138. The molecule has 0 radical (unpaired) electrons. The first-order valence-electron chi connectivity index (χ1n) is 8.14. The van der Waals surface area contributed by atoms with Crippen LogP contribution in [0.4, 0.5) is 5.82 Å². The number of nitrogens with zero attached hydrogens (tertiary/aromatic N) is 2. The van der Waals surface area contributed by atoms with E-state index in [1.165, 1.54) is 0 Å². The molecule has 3 rings (SSSR count). The molecule has 2 aliphatic heterocycles. The van der Waals surface area contributed by atoms with Gasteiger partial charge in [-0.2, -0.15) is 0 Å². The second-order valence-electron chi connectivity index (χ2n) is 5.93. The first-order valence-corrected chi connectivity index (χ1v) is 8.14. The fraction of sp³-hybridized carbons (Fsp3) is 0.389. The predicted molar refractivity (Wildman–Crippen MR) is 91.4 cm³/mol. The van der Waals surface area contributed by atoms with Crippen molar-refractivity contribution in [3.05, 3.63) is 41.6 Å². The molecule has 0 atom stereocenters. The third-order valence-corrected chi connectivity index (χ3v) is 4.11. The molecule has 1 aromatic rings. The maximum absolute atomic E-state index is 12.1. The van der Waals surface area contributed by atoms with Gasteiger partial charge in [-0.25, -0.2) is 4.98 Å². The van der Waals surface area contributed by atoms with E-state index in [-0.39, 0.29) is 17.9 Å². The van der Waals surface area contributed by atoms with Crippen LogP contribution < -0.4 is 5.32 Å². The molecule has 24 heavy (non-hydrogen) atoms. The summed E-state index contributed by atoms with van der Waals surface area (Å²) < 4.78 is 5.58. The molecule has 0 unspecified atom stereocenters. The summed E-state index contributed by atoms with van der Waals surface area (Å²) in [7, 11) is 0. The number of fused-ring (bicyclic) bond motifs is 1. The Labute approximate surface area is 141 Å². The molecule has 0 saturated carbocycles. The van der Waals surface area contributed by atoms with Crippen molar-refractivity contribution in [2.45, 2.75) is 25.9 Å². The van der Waals surface area contributed by atoms with Gasteiger partial charge in [0.2, 0.25) is 11.8 Å². The van der Waals surface area contributed by atoms with Crippen molar-refractivity contribution in [2.24, 2.45) is 0 Å². The lowest BCUT2D eigenvalue weighted by Crippen LogP contribution is -2.54. The van der Waals surface area contributed by atoms with E-state index in [2.05, 4.69) is 10.3 Å². The highest BCUT2D eigenvalue weighted by Gasteiger charge is 2.29. The Hall–Kier alpha value is -2.47. The number of rotatable bonds is 5. The van der Waals surface area contributed by atoms with Crippen LogP contribution in [-0.2, 0) is 20.7 Å². The normalized spacial score (nSPS) is 17.9. The average molecular weight is 327 g/mol. The first kappa shape index (κ1) is 16.4. The van der Waals surface area contributed by atoms with Gasteiger partial charge in [0.25, 0.3) is 0 Å². The Bertz CT molecular complexity index is 691. The fourth-order valence-corrected chi connectivity index (χ4v) is 2.65. The smallest absolute Gasteiger partial charge is 0.246 e. The summed E-state index contributed by atoms with van der Waals surface area (Å²) in [5.74, 6) is 0.600. The largest absolute Gasteiger partial charge is 0.370 e. The van der Waals surface area contributed by atoms with Gasteiger partial charge in [-0.15, -0.1) is 0 Å². The number of amides is 2. The summed E-state index contributed by atoms with van der Waals surface area (Å²) in [6.45, 7) is 3.81. The topological polar surface area (TPSA) is 71.5 Å². The van der Waals surface area contributed by atoms with Crippen molar-refractivity contribution in [3.8, 4) is 0 Å². The van der Waals surface area contributed by atoms with Crippen LogP contribution >= 0.6 is 0 Å². The van der Waals surface area contributed by atoms with Crippen molar-refractivity contribution in [1.29, 1.82) is 0 Å². The maximum atomic E-state index is 12.1. The third-order valence-electron chi connectivity index (χ3n) is 4.11. The van der Waals surface area contributed by atoms with E-state index in [9.17, 15) is 9.59 Å². The average Bonchev–Trinajstić information content (AvgIpc) is 2.54. The molecule has 0 aromatic carbocycles. The quantitative estimate of drug-likeness (QED) is 0.661. The fourth-order valence-electron chi connectivity index (χ4n) is 2.65. The minimum absolute atomic E-state index is 0.00236. The number of anilines is 1. The molecule has 6 nitrogen and oxygen atoms in total. The number of pyridine rings is 1. The maximum Gasteiger partial charge on any atom is 0.246 e. The molecule has 1 saturated heterocycles. The van der Waals surface area contributed by atoms with E-state index in [1.807, 2.05) is 25.1 Å². The molecule has 2 aliphatic rings. The minimum Gasteiger partial charge on any atom is -0.370 e. The molecule has 1 aromatic heterocycles. The van der Waals surface area contributed by atoms with Crippen LogP contribution in [-0.4, -0.2) is 47.5 Å². The molecule has 3 heterocycles. The standard InChI is InChI=1S/C18H21N3O3/c1-2-3-8-24-15-11-21(12-15)17(23)7-4-13-9-14-5-6-16(22)20-18(14)19-10-13/h2-4,7,9-10,15H,5-6,8,11-12H2,1H3,(H,19,20,22)/b3-2-,7-4+. The number of nitrogens with one attached hydrogen (secondary N) is 1. The van der Waals surface area contributed by atoms with E-state index in [1.54, 1.807) is 23.2 Å². The van der Waals surface area contributed by atoms with Crippen LogP contribution in [0, 0.1) is 0 Å². The number of carbonyl (C=O) groups excluding carboxylic acids is 2. The summed E-state index contributed by atoms with van der Waals surface area (Å²) in [4.78, 5) is 29.4. The molecule has 1 N–H and O–H groups in total. The highest BCUT2D eigenvalue weighted by atomic mass is 16.5. The number of likely N-dealkylation sites (tertiary alicyclic amines) is 1. The van der Waals surface area contributed by atoms with Crippen molar-refractivity contribution < 1.29 is 14.3 Å². The van der Waals surface area contributed by atoms with Crippen LogP contribution in [0.5, 0.6) is 0 Å². The Balaban J connectivity index is 1.51. The molecule has 0 aliphatic carbocycles. The van der Waals surface area contributed by atoms with E-state index < -0.39 is 0 Å². The zero-order valence-corrected chi connectivity index (χ0v) is 13.7.